The van der Waals surface area contributed by atoms with Crippen molar-refractivity contribution in [2.24, 2.45) is 0 Å². The molecule has 0 aromatic carbocycles. The van der Waals surface area contributed by atoms with Crippen LogP contribution in [0, 0.1) is 0 Å². The van der Waals surface area contributed by atoms with E-state index >= 15 is 0 Å². The van der Waals surface area contributed by atoms with Gasteiger partial charge in [-0.05, 0) is 41.2 Å². The van der Waals surface area contributed by atoms with Crippen LogP contribution < -0.4 is 0 Å². The Morgan fingerprint density at radius 2 is 2.12 bits per heavy atom. The number of hydrogen-bond donors (Lipinski definition) is 0. The van der Waals surface area contributed by atoms with E-state index in [-0.39, 0.29) is 5.78 Å². The Kier molecular flexibility index (Phi) is 4.02. The Morgan fingerprint density at radius 1 is 1.47 bits per heavy atom. The van der Waals surface area contributed by atoms with E-state index in [4.69, 9.17) is 4.74 Å². The van der Waals surface area contributed by atoms with Crippen LogP contribution in [0.25, 0.3) is 0 Å². The molecule has 0 amide bonds. The molecule has 2 heterocycles. The molecule has 1 aliphatic heterocycles. The van der Waals surface area contributed by atoms with E-state index in [1.807, 2.05) is 25.3 Å². The zero-order chi connectivity index (χ0) is 12.5. The third-order valence-electron chi connectivity index (χ3n) is 3.18. The molecule has 0 bridgehead atoms. The number of hydrogen-bond acceptors (Lipinski definition) is 4. The maximum Gasteiger partial charge on any atom is 0.193 e. The predicted octanol–water partition coefficient (Wildman–Crippen LogP) is 2.80. The largest absolute Gasteiger partial charge is 0.379 e. The molecular formula is C12H16BrNO2S. The highest BCUT2D eigenvalue weighted by molar-refractivity contribution is 9.10. The summed E-state index contributed by atoms with van der Waals surface area (Å²) in [5, 5.41) is 1.94. The van der Waals surface area contributed by atoms with Crippen LogP contribution in [0.4, 0.5) is 0 Å². The fourth-order valence-corrected chi connectivity index (χ4v) is 3.64. The number of nitrogens with zero attached hydrogens (tertiary/aromatic N) is 1. The van der Waals surface area contributed by atoms with Crippen LogP contribution in [0.15, 0.2) is 15.9 Å². The number of rotatable bonds is 3. The van der Waals surface area contributed by atoms with Crippen molar-refractivity contribution in [3.63, 3.8) is 0 Å². The summed E-state index contributed by atoms with van der Waals surface area (Å²) in [4.78, 5) is 15.6. The standard InChI is InChI=1S/C12H16BrNO2S/c1-12(2,14-4-6-16-7-5-14)11(15)10-9(13)3-8-17-10/h3,8H,4-7H2,1-2H3. The maximum absolute atomic E-state index is 12.5. The predicted molar refractivity (Wildman–Crippen MR) is 72.8 cm³/mol. The lowest BCUT2D eigenvalue weighted by Crippen LogP contribution is -2.54. The summed E-state index contributed by atoms with van der Waals surface area (Å²) in [6.45, 7) is 7.05. The van der Waals surface area contributed by atoms with Gasteiger partial charge in [0.15, 0.2) is 5.78 Å². The van der Waals surface area contributed by atoms with Crippen molar-refractivity contribution in [3.8, 4) is 0 Å². The van der Waals surface area contributed by atoms with E-state index in [2.05, 4.69) is 20.8 Å². The van der Waals surface area contributed by atoms with Crippen LogP contribution in [0.2, 0.25) is 0 Å². The number of ketones is 1. The lowest BCUT2D eigenvalue weighted by atomic mass is 9.95. The van der Waals surface area contributed by atoms with Crippen molar-refractivity contribution < 1.29 is 9.53 Å². The summed E-state index contributed by atoms with van der Waals surface area (Å²) in [5.74, 6) is 0.182. The Labute approximate surface area is 114 Å². The fraction of sp³-hybridized carbons (Fsp3) is 0.583. The van der Waals surface area contributed by atoms with E-state index < -0.39 is 5.54 Å². The second-order valence-corrected chi connectivity index (χ2v) is 6.36. The first-order valence-electron chi connectivity index (χ1n) is 5.64. The molecule has 3 nitrogen and oxygen atoms in total. The molecule has 0 N–H and O–H groups in total. The zero-order valence-corrected chi connectivity index (χ0v) is 12.4. The molecule has 0 saturated carbocycles. The van der Waals surface area contributed by atoms with E-state index in [0.29, 0.717) is 13.2 Å². The molecule has 0 aliphatic carbocycles. The topological polar surface area (TPSA) is 29.5 Å². The minimum Gasteiger partial charge on any atom is -0.379 e. The molecule has 1 saturated heterocycles. The first-order chi connectivity index (χ1) is 8.03. The highest BCUT2D eigenvalue weighted by atomic mass is 79.9. The molecule has 0 atom stereocenters. The van der Waals surface area contributed by atoms with Crippen molar-refractivity contribution in [2.45, 2.75) is 19.4 Å². The third-order valence-corrected chi connectivity index (χ3v) is 5.02. The zero-order valence-electron chi connectivity index (χ0n) is 10.0. The Morgan fingerprint density at radius 3 is 2.65 bits per heavy atom. The Balaban J connectivity index is 2.19. The van der Waals surface area contributed by atoms with Crippen LogP contribution in [0.3, 0.4) is 0 Å². The Hall–Kier alpha value is -0.230. The van der Waals surface area contributed by atoms with Crippen LogP contribution in [-0.4, -0.2) is 42.5 Å². The minimum absolute atomic E-state index is 0.182. The van der Waals surface area contributed by atoms with Crippen molar-refractivity contribution in [3.05, 3.63) is 20.8 Å². The molecule has 1 fully saturated rings. The van der Waals surface area contributed by atoms with Crippen LogP contribution in [0.1, 0.15) is 23.5 Å². The smallest absolute Gasteiger partial charge is 0.193 e. The average Bonchev–Trinajstić information content (AvgIpc) is 2.75. The number of carbonyl (C=O) groups excluding carboxylic acids is 1. The summed E-state index contributed by atoms with van der Waals surface area (Å²) >= 11 is 4.92. The summed E-state index contributed by atoms with van der Waals surface area (Å²) in [6.07, 6.45) is 0. The van der Waals surface area contributed by atoms with Crippen molar-refractivity contribution >= 4 is 33.0 Å². The van der Waals surface area contributed by atoms with Crippen molar-refractivity contribution in [1.29, 1.82) is 0 Å². The molecule has 17 heavy (non-hydrogen) atoms. The van der Waals surface area contributed by atoms with Gasteiger partial charge in [-0.25, -0.2) is 0 Å². The van der Waals surface area contributed by atoms with Gasteiger partial charge in [-0.3, -0.25) is 9.69 Å². The molecule has 1 aromatic rings. The van der Waals surface area contributed by atoms with Gasteiger partial charge in [0.05, 0.1) is 23.6 Å². The van der Waals surface area contributed by atoms with E-state index in [1.165, 1.54) is 11.3 Å². The van der Waals surface area contributed by atoms with Gasteiger partial charge in [-0.1, -0.05) is 0 Å². The summed E-state index contributed by atoms with van der Waals surface area (Å²) in [5.41, 5.74) is -0.461. The normalized spacial score (nSPS) is 18.3. The van der Waals surface area contributed by atoms with Gasteiger partial charge < -0.3 is 4.74 Å². The lowest BCUT2D eigenvalue weighted by molar-refractivity contribution is -0.00417. The molecule has 0 unspecified atom stereocenters. The summed E-state index contributed by atoms with van der Waals surface area (Å²) in [7, 11) is 0. The first-order valence-corrected chi connectivity index (χ1v) is 7.31. The molecule has 1 aromatic heterocycles. The van der Waals surface area contributed by atoms with Gasteiger partial charge in [0.2, 0.25) is 0 Å². The number of carbonyl (C=O) groups is 1. The SMILES string of the molecule is CC(C)(C(=O)c1sccc1Br)N1CCOCC1. The highest BCUT2D eigenvalue weighted by Gasteiger charge is 2.37. The second-order valence-electron chi connectivity index (χ2n) is 4.59. The van der Waals surface area contributed by atoms with Gasteiger partial charge in [-0.2, -0.15) is 0 Å². The quantitative estimate of drug-likeness (QED) is 0.803. The second kappa shape index (κ2) is 5.18. The van der Waals surface area contributed by atoms with Crippen LogP contribution in [-0.2, 0) is 4.74 Å². The molecule has 5 heteroatoms. The molecule has 2 rings (SSSR count). The number of morpholine rings is 1. The fourth-order valence-electron chi connectivity index (χ4n) is 2.00. The van der Waals surface area contributed by atoms with E-state index in [0.717, 1.165) is 22.4 Å². The number of ether oxygens (including phenoxy) is 1. The van der Waals surface area contributed by atoms with Gasteiger partial charge in [0.25, 0.3) is 0 Å². The van der Waals surface area contributed by atoms with Crippen molar-refractivity contribution in [2.75, 3.05) is 26.3 Å². The monoisotopic (exact) mass is 317 g/mol. The van der Waals surface area contributed by atoms with Gasteiger partial charge in [-0.15, -0.1) is 11.3 Å². The Bertz CT molecular complexity index is 410. The maximum atomic E-state index is 12.5. The third kappa shape index (κ3) is 2.62. The average molecular weight is 318 g/mol. The van der Waals surface area contributed by atoms with Crippen LogP contribution >= 0.6 is 27.3 Å². The lowest BCUT2D eigenvalue weighted by Gasteiger charge is -2.39. The summed E-state index contributed by atoms with van der Waals surface area (Å²) in [6, 6.07) is 1.92. The number of halogens is 1. The molecule has 0 radical (unpaired) electrons. The van der Waals surface area contributed by atoms with Crippen LogP contribution in [0.5, 0.6) is 0 Å². The van der Waals surface area contributed by atoms with Gasteiger partial charge in [0.1, 0.15) is 0 Å². The molecule has 1 aliphatic rings. The molecule has 0 spiro atoms. The molecule has 94 valence electrons. The van der Waals surface area contributed by atoms with E-state index in [1.54, 1.807) is 0 Å². The number of thiophene rings is 1. The van der Waals surface area contributed by atoms with Crippen molar-refractivity contribution in [1.82, 2.24) is 4.90 Å². The highest BCUT2D eigenvalue weighted by Crippen LogP contribution is 2.29. The molecular weight excluding hydrogens is 302 g/mol. The number of Topliss-reactive ketones (excluding diaryl/α,β-unsaturated/α-hetero) is 1. The van der Waals surface area contributed by atoms with Gasteiger partial charge in [0, 0.05) is 17.6 Å². The summed E-state index contributed by atoms with van der Waals surface area (Å²) < 4.78 is 6.23. The van der Waals surface area contributed by atoms with Gasteiger partial charge >= 0.3 is 0 Å². The van der Waals surface area contributed by atoms with E-state index in [9.17, 15) is 4.79 Å². The minimum atomic E-state index is -0.461. The first kappa shape index (κ1) is 13.2.